The number of halogens is 3. The van der Waals surface area contributed by atoms with Crippen LogP contribution in [0, 0.1) is 0 Å². The molecule has 0 radical (unpaired) electrons. The van der Waals surface area contributed by atoms with E-state index in [-0.39, 0.29) is 11.7 Å². The molecule has 30 heavy (non-hydrogen) atoms. The van der Waals surface area contributed by atoms with E-state index in [1.54, 1.807) is 6.92 Å². The van der Waals surface area contributed by atoms with Crippen molar-refractivity contribution in [1.82, 2.24) is 5.32 Å². The largest absolute Gasteiger partial charge is 0.416 e. The first-order valence-electron chi connectivity index (χ1n) is 9.40. The number of carbonyl (C=O) groups excluding carboxylic acids is 1. The Labute approximate surface area is 175 Å². The van der Waals surface area contributed by atoms with Gasteiger partial charge in [-0.3, -0.25) is 9.10 Å². The Bertz CT molecular complexity index is 963. The van der Waals surface area contributed by atoms with Crippen LogP contribution < -0.4 is 9.62 Å². The molecule has 2 aromatic rings. The van der Waals surface area contributed by atoms with E-state index in [0.717, 1.165) is 36.4 Å². The molecule has 0 spiro atoms. The van der Waals surface area contributed by atoms with Gasteiger partial charge in [-0.05, 0) is 50.5 Å². The number of alkyl halides is 3. The summed E-state index contributed by atoms with van der Waals surface area (Å²) < 4.78 is 64.4. The minimum atomic E-state index is -4.63. The zero-order valence-electron chi connectivity index (χ0n) is 17.0. The normalized spacial score (nSPS) is 14.1. The van der Waals surface area contributed by atoms with Crippen molar-refractivity contribution in [3.8, 4) is 0 Å². The summed E-state index contributed by atoms with van der Waals surface area (Å²) in [6.07, 6.45) is -2.42. The number of amides is 1. The van der Waals surface area contributed by atoms with Crippen LogP contribution >= 0.6 is 0 Å². The average molecular weight is 443 g/mol. The Morgan fingerprint density at radius 3 is 2.27 bits per heavy atom. The fourth-order valence-electron chi connectivity index (χ4n) is 3.09. The highest BCUT2D eigenvalue weighted by molar-refractivity contribution is 7.92. The minimum absolute atomic E-state index is 0.216. The molecule has 2 atom stereocenters. The minimum Gasteiger partial charge on any atom is -0.352 e. The fraction of sp³-hybridized carbons (Fsp3) is 0.381. The molecule has 0 saturated heterocycles. The van der Waals surface area contributed by atoms with E-state index in [1.165, 1.54) is 13.0 Å². The smallest absolute Gasteiger partial charge is 0.352 e. The predicted octanol–water partition coefficient (Wildman–Crippen LogP) is 4.00. The highest BCUT2D eigenvalue weighted by atomic mass is 32.2. The van der Waals surface area contributed by atoms with Crippen molar-refractivity contribution >= 4 is 21.6 Å². The second-order valence-electron chi connectivity index (χ2n) is 7.22. The molecule has 2 aromatic carbocycles. The van der Waals surface area contributed by atoms with Crippen LogP contribution in [0.2, 0.25) is 0 Å². The molecular formula is C21H25F3N2O3S. The summed E-state index contributed by atoms with van der Waals surface area (Å²) in [7, 11) is -4.01. The number of hydrogen-bond acceptors (Lipinski definition) is 3. The molecule has 0 aromatic heterocycles. The first kappa shape index (κ1) is 23.7. The molecule has 0 heterocycles. The Balaban J connectivity index is 2.15. The second-order valence-corrected chi connectivity index (χ2v) is 9.08. The molecule has 1 N–H and O–H groups in total. The van der Waals surface area contributed by atoms with Crippen LogP contribution in [0.4, 0.5) is 18.9 Å². The molecule has 1 amide bonds. The van der Waals surface area contributed by atoms with Gasteiger partial charge in [0.15, 0.2) is 0 Å². The number of sulfonamides is 1. The summed E-state index contributed by atoms with van der Waals surface area (Å²) in [5, 5.41) is 2.75. The summed E-state index contributed by atoms with van der Waals surface area (Å²) in [6.45, 7) is 3.14. The van der Waals surface area contributed by atoms with Crippen molar-refractivity contribution < 1.29 is 26.4 Å². The maximum atomic E-state index is 13.0. The van der Waals surface area contributed by atoms with E-state index in [9.17, 15) is 26.4 Å². The van der Waals surface area contributed by atoms with Crippen molar-refractivity contribution in [2.75, 3.05) is 10.6 Å². The fourth-order valence-corrected chi connectivity index (χ4v) is 4.26. The van der Waals surface area contributed by atoms with E-state index in [1.807, 2.05) is 30.3 Å². The topological polar surface area (TPSA) is 66.5 Å². The number of aryl methyl sites for hydroxylation is 1. The summed E-state index contributed by atoms with van der Waals surface area (Å²) in [4.78, 5) is 12.7. The quantitative estimate of drug-likeness (QED) is 0.672. The van der Waals surface area contributed by atoms with Crippen molar-refractivity contribution in [1.29, 1.82) is 0 Å². The SMILES string of the molecule is C[C@H](CCc1ccccc1)NC(=O)[C@@H](C)N(c1cccc(C(F)(F)F)c1)S(C)(=O)=O. The van der Waals surface area contributed by atoms with Crippen LogP contribution in [0.1, 0.15) is 31.4 Å². The number of benzene rings is 2. The number of carbonyl (C=O) groups is 1. The molecule has 0 bridgehead atoms. The van der Waals surface area contributed by atoms with Gasteiger partial charge in [-0.2, -0.15) is 13.2 Å². The van der Waals surface area contributed by atoms with Gasteiger partial charge >= 0.3 is 6.18 Å². The van der Waals surface area contributed by atoms with Gasteiger partial charge in [0.2, 0.25) is 15.9 Å². The number of hydrogen-bond donors (Lipinski definition) is 1. The van der Waals surface area contributed by atoms with Gasteiger partial charge in [0.25, 0.3) is 0 Å². The van der Waals surface area contributed by atoms with Crippen LogP contribution in [0.5, 0.6) is 0 Å². The molecule has 2 rings (SSSR count). The summed E-state index contributed by atoms with van der Waals surface area (Å²) in [5.41, 5.74) is -0.0993. The Morgan fingerprint density at radius 2 is 1.70 bits per heavy atom. The maximum Gasteiger partial charge on any atom is 0.416 e. The highest BCUT2D eigenvalue weighted by Gasteiger charge is 2.34. The van der Waals surface area contributed by atoms with Crippen LogP contribution in [0.3, 0.4) is 0 Å². The van der Waals surface area contributed by atoms with E-state index in [4.69, 9.17) is 0 Å². The molecular weight excluding hydrogens is 417 g/mol. The van der Waals surface area contributed by atoms with Crippen LogP contribution in [-0.2, 0) is 27.4 Å². The van der Waals surface area contributed by atoms with Gasteiger partial charge in [0.05, 0.1) is 17.5 Å². The van der Waals surface area contributed by atoms with Gasteiger partial charge in [0.1, 0.15) is 6.04 Å². The van der Waals surface area contributed by atoms with Crippen molar-refractivity contribution in [3.05, 3.63) is 65.7 Å². The lowest BCUT2D eigenvalue weighted by Gasteiger charge is -2.29. The van der Waals surface area contributed by atoms with E-state index < -0.39 is 33.7 Å². The van der Waals surface area contributed by atoms with E-state index in [2.05, 4.69) is 5.32 Å². The third-order valence-corrected chi connectivity index (χ3v) is 5.86. The van der Waals surface area contributed by atoms with Crippen LogP contribution in [0.15, 0.2) is 54.6 Å². The Kier molecular flexibility index (Phi) is 7.52. The number of nitrogens with one attached hydrogen (secondary N) is 1. The van der Waals surface area contributed by atoms with Crippen molar-refractivity contribution in [3.63, 3.8) is 0 Å². The molecule has 0 fully saturated rings. The molecule has 0 aliphatic rings. The van der Waals surface area contributed by atoms with Crippen molar-refractivity contribution in [2.24, 2.45) is 0 Å². The van der Waals surface area contributed by atoms with Crippen molar-refractivity contribution in [2.45, 2.75) is 44.9 Å². The molecule has 9 heteroatoms. The lowest BCUT2D eigenvalue weighted by molar-refractivity contribution is -0.137. The molecule has 164 valence electrons. The van der Waals surface area contributed by atoms with E-state index in [0.29, 0.717) is 10.7 Å². The molecule has 0 aliphatic carbocycles. The van der Waals surface area contributed by atoms with Gasteiger partial charge in [0, 0.05) is 6.04 Å². The maximum absolute atomic E-state index is 13.0. The molecule has 0 unspecified atom stereocenters. The molecule has 0 aliphatic heterocycles. The lowest BCUT2D eigenvalue weighted by atomic mass is 10.1. The van der Waals surface area contributed by atoms with Gasteiger partial charge < -0.3 is 5.32 Å². The number of rotatable bonds is 8. The first-order valence-corrected chi connectivity index (χ1v) is 11.3. The van der Waals surface area contributed by atoms with Gasteiger partial charge in [-0.15, -0.1) is 0 Å². The standard InChI is InChI=1S/C21H25F3N2O3S/c1-15(12-13-17-8-5-4-6-9-17)25-20(27)16(2)26(30(3,28)29)19-11-7-10-18(14-19)21(22,23)24/h4-11,14-16H,12-13H2,1-3H3,(H,25,27)/t15-,16-/m1/s1. The van der Waals surface area contributed by atoms with Gasteiger partial charge in [-0.1, -0.05) is 36.4 Å². The third kappa shape index (κ3) is 6.48. The third-order valence-electron chi connectivity index (χ3n) is 4.61. The lowest BCUT2D eigenvalue weighted by Crippen LogP contribution is -2.50. The predicted molar refractivity (Wildman–Crippen MR) is 111 cm³/mol. The Hall–Kier alpha value is -2.55. The molecule has 5 nitrogen and oxygen atoms in total. The highest BCUT2D eigenvalue weighted by Crippen LogP contribution is 2.32. The number of anilines is 1. The Morgan fingerprint density at radius 1 is 1.07 bits per heavy atom. The molecule has 0 saturated carbocycles. The van der Waals surface area contributed by atoms with Crippen LogP contribution in [0.25, 0.3) is 0 Å². The summed E-state index contributed by atoms with van der Waals surface area (Å²) in [6, 6.07) is 12.1. The van der Waals surface area contributed by atoms with E-state index >= 15 is 0 Å². The first-order chi connectivity index (χ1) is 13.9. The van der Waals surface area contributed by atoms with Crippen LogP contribution in [-0.4, -0.2) is 32.7 Å². The summed E-state index contributed by atoms with van der Waals surface area (Å²) >= 11 is 0. The zero-order valence-corrected chi connectivity index (χ0v) is 17.8. The van der Waals surface area contributed by atoms with Gasteiger partial charge in [-0.25, -0.2) is 8.42 Å². The monoisotopic (exact) mass is 442 g/mol. The average Bonchev–Trinajstić information content (AvgIpc) is 2.65. The number of nitrogens with zero attached hydrogens (tertiary/aromatic N) is 1. The second kappa shape index (κ2) is 9.51. The summed E-state index contributed by atoms with van der Waals surface area (Å²) in [5.74, 6) is -0.585. The zero-order chi connectivity index (χ0) is 22.5.